The fourth-order valence-electron chi connectivity index (χ4n) is 4.00. The van der Waals surface area contributed by atoms with Crippen molar-refractivity contribution in [1.29, 1.82) is 0 Å². The number of piperidine rings is 1. The van der Waals surface area contributed by atoms with Gasteiger partial charge >= 0.3 is 0 Å². The summed E-state index contributed by atoms with van der Waals surface area (Å²) < 4.78 is 5.43. The second-order valence-corrected chi connectivity index (χ2v) is 7.45. The van der Waals surface area contributed by atoms with Crippen molar-refractivity contribution in [2.24, 2.45) is 0 Å². The molecule has 4 heterocycles. The zero-order valence-corrected chi connectivity index (χ0v) is 16.9. The molecule has 0 bridgehead atoms. The highest BCUT2D eigenvalue weighted by Crippen LogP contribution is 2.25. The van der Waals surface area contributed by atoms with Gasteiger partial charge in [0.05, 0.1) is 12.2 Å². The number of aromatic nitrogens is 3. The van der Waals surface area contributed by atoms with Crippen LogP contribution in [0.5, 0.6) is 5.88 Å². The molecular formula is C21H28N6O2. The first-order valence-corrected chi connectivity index (χ1v) is 10.4. The smallest absolute Gasteiger partial charge is 0.257 e. The van der Waals surface area contributed by atoms with Gasteiger partial charge in [0.2, 0.25) is 5.88 Å². The van der Waals surface area contributed by atoms with Gasteiger partial charge in [0.25, 0.3) is 5.91 Å². The Hall–Kier alpha value is -2.90. The third-order valence-electron chi connectivity index (χ3n) is 5.49. The molecule has 0 aliphatic carbocycles. The van der Waals surface area contributed by atoms with Gasteiger partial charge in [-0.15, -0.1) is 0 Å². The van der Waals surface area contributed by atoms with E-state index < -0.39 is 0 Å². The van der Waals surface area contributed by atoms with Gasteiger partial charge in [-0.2, -0.15) is 0 Å². The van der Waals surface area contributed by atoms with Crippen LogP contribution >= 0.6 is 0 Å². The molecule has 8 heteroatoms. The highest BCUT2D eigenvalue weighted by Gasteiger charge is 2.27. The fraction of sp³-hybridized carbons (Fsp3) is 0.524. The van der Waals surface area contributed by atoms with Crippen molar-refractivity contribution >= 4 is 17.5 Å². The summed E-state index contributed by atoms with van der Waals surface area (Å²) in [7, 11) is 0. The fourth-order valence-corrected chi connectivity index (χ4v) is 4.00. The maximum Gasteiger partial charge on any atom is 0.257 e. The molecule has 0 spiro atoms. The van der Waals surface area contributed by atoms with Gasteiger partial charge in [-0.05, 0) is 44.7 Å². The SMILES string of the molecule is CCOc1cc(NC2CCN(C(=O)c3cccnc3N3CCCC3)CC2)ncn1. The predicted molar refractivity (Wildman–Crippen MR) is 111 cm³/mol. The molecule has 2 saturated heterocycles. The van der Waals surface area contributed by atoms with Crippen molar-refractivity contribution < 1.29 is 9.53 Å². The maximum atomic E-state index is 13.2. The molecule has 8 nitrogen and oxygen atoms in total. The first-order chi connectivity index (χ1) is 14.2. The Kier molecular flexibility index (Phi) is 6.07. The Morgan fingerprint density at radius 2 is 1.97 bits per heavy atom. The Morgan fingerprint density at radius 3 is 2.72 bits per heavy atom. The Morgan fingerprint density at radius 1 is 1.17 bits per heavy atom. The van der Waals surface area contributed by atoms with Gasteiger partial charge in [-0.25, -0.2) is 15.0 Å². The van der Waals surface area contributed by atoms with Crippen LogP contribution < -0.4 is 15.0 Å². The molecule has 0 unspecified atom stereocenters. The number of likely N-dealkylation sites (tertiary alicyclic amines) is 1. The number of anilines is 2. The summed E-state index contributed by atoms with van der Waals surface area (Å²) >= 11 is 0. The summed E-state index contributed by atoms with van der Waals surface area (Å²) in [6.45, 7) is 5.89. The molecule has 1 amide bonds. The molecule has 1 N–H and O–H groups in total. The molecule has 2 fully saturated rings. The summed E-state index contributed by atoms with van der Waals surface area (Å²) in [5.41, 5.74) is 0.720. The minimum atomic E-state index is 0.0825. The third-order valence-corrected chi connectivity index (χ3v) is 5.49. The molecule has 154 valence electrons. The van der Waals surface area contributed by atoms with Crippen LogP contribution in [0.25, 0.3) is 0 Å². The molecule has 0 aromatic carbocycles. The molecular weight excluding hydrogens is 368 g/mol. The Balaban J connectivity index is 1.36. The first-order valence-electron chi connectivity index (χ1n) is 10.4. The van der Waals surface area contributed by atoms with Crippen molar-refractivity contribution in [3.8, 4) is 5.88 Å². The summed E-state index contributed by atoms with van der Waals surface area (Å²) in [5.74, 6) is 2.25. The minimum Gasteiger partial charge on any atom is -0.478 e. The van der Waals surface area contributed by atoms with E-state index in [0.29, 0.717) is 25.6 Å². The lowest BCUT2D eigenvalue weighted by Gasteiger charge is -2.33. The number of carbonyl (C=O) groups is 1. The third kappa shape index (κ3) is 4.58. The molecule has 2 aromatic rings. The normalized spacial score (nSPS) is 17.4. The van der Waals surface area contributed by atoms with Crippen LogP contribution in [0.1, 0.15) is 43.0 Å². The van der Waals surface area contributed by atoms with Gasteiger partial charge < -0.3 is 19.9 Å². The lowest BCUT2D eigenvalue weighted by Crippen LogP contribution is -2.43. The minimum absolute atomic E-state index is 0.0825. The lowest BCUT2D eigenvalue weighted by atomic mass is 10.0. The van der Waals surface area contributed by atoms with Crippen LogP contribution in [-0.4, -0.2) is 64.6 Å². The number of nitrogens with one attached hydrogen (secondary N) is 1. The lowest BCUT2D eigenvalue weighted by molar-refractivity contribution is 0.0718. The van der Waals surface area contributed by atoms with Crippen molar-refractivity contribution in [3.63, 3.8) is 0 Å². The average molecular weight is 396 g/mol. The van der Waals surface area contributed by atoms with Gasteiger partial charge in [-0.3, -0.25) is 4.79 Å². The van der Waals surface area contributed by atoms with E-state index in [4.69, 9.17) is 4.74 Å². The van der Waals surface area contributed by atoms with Crippen molar-refractivity contribution in [2.75, 3.05) is 43.0 Å². The highest BCUT2D eigenvalue weighted by atomic mass is 16.5. The number of hydrogen-bond donors (Lipinski definition) is 1. The van der Waals surface area contributed by atoms with E-state index in [-0.39, 0.29) is 11.9 Å². The molecule has 4 rings (SSSR count). The number of carbonyl (C=O) groups excluding carboxylic acids is 1. The zero-order valence-electron chi connectivity index (χ0n) is 16.9. The molecule has 0 saturated carbocycles. The van der Waals surface area contributed by atoms with E-state index in [1.165, 1.54) is 6.33 Å². The van der Waals surface area contributed by atoms with Gasteiger partial charge in [0.15, 0.2) is 0 Å². The molecule has 0 atom stereocenters. The van der Waals surface area contributed by atoms with E-state index in [9.17, 15) is 4.79 Å². The quantitative estimate of drug-likeness (QED) is 0.803. The number of ether oxygens (including phenoxy) is 1. The molecule has 2 aliphatic rings. The highest BCUT2D eigenvalue weighted by molar-refractivity contribution is 5.99. The zero-order chi connectivity index (χ0) is 20.1. The van der Waals surface area contributed by atoms with Crippen LogP contribution in [0.3, 0.4) is 0 Å². The number of amides is 1. The number of rotatable bonds is 6. The Bertz CT molecular complexity index is 831. The van der Waals surface area contributed by atoms with E-state index in [1.54, 1.807) is 6.20 Å². The summed E-state index contributed by atoms with van der Waals surface area (Å²) in [6.07, 6.45) is 7.36. The number of hydrogen-bond acceptors (Lipinski definition) is 7. The molecule has 0 radical (unpaired) electrons. The molecule has 2 aliphatic heterocycles. The van der Waals surface area contributed by atoms with Crippen LogP contribution in [0.15, 0.2) is 30.7 Å². The van der Waals surface area contributed by atoms with Gasteiger partial charge in [-0.1, -0.05) is 0 Å². The standard InChI is InChI=1S/C21H28N6O2/c1-2-29-19-14-18(23-15-24-19)25-16-7-12-27(13-8-16)21(28)17-6-5-9-22-20(17)26-10-3-4-11-26/h5-6,9,14-16H,2-4,7-8,10-13H2,1H3,(H,23,24,25). The van der Waals surface area contributed by atoms with Crippen LogP contribution in [0.4, 0.5) is 11.6 Å². The van der Waals surface area contributed by atoms with Gasteiger partial charge in [0, 0.05) is 44.5 Å². The summed E-state index contributed by atoms with van der Waals surface area (Å²) in [6, 6.07) is 5.85. The van der Waals surface area contributed by atoms with E-state index >= 15 is 0 Å². The van der Waals surface area contributed by atoms with Crippen molar-refractivity contribution in [2.45, 2.75) is 38.6 Å². The van der Waals surface area contributed by atoms with E-state index in [0.717, 1.165) is 56.0 Å². The van der Waals surface area contributed by atoms with Crippen LogP contribution in [0.2, 0.25) is 0 Å². The van der Waals surface area contributed by atoms with E-state index in [1.807, 2.05) is 30.0 Å². The van der Waals surface area contributed by atoms with Crippen LogP contribution in [0, 0.1) is 0 Å². The first kappa shape index (κ1) is 19.4. The van der Waals surface area contributed by atoms with Crippen molar-refractivity contribution in [1.82, 2.24) is 19.9 Å². The molecule has 29 heavy (non-hydrogen) atoms. The largest absolute Gasteiger partial charge is 0.478 e. The number of pyridine rings is 1. The maximum absolute atomic E-state index is 13.2. The number of nitrogens with zero attached hydrogens (tertiary/aromatic N) is 5. The van der Waals surface area contributed by atoms with Crippen molar-refractivity contribution in [3.05, 3.63) is 36.3 Å². The second-order valence-electron chi connectivity index (χ2n) is 7.45. The predicted octanol–water partition coefficient (Wildman–Crippen LogP) is 2.59. The second kappa shape index (κ2) is 9.07. The topological polar surface area (TPSA) is 83.5 Å². The summed E-state index contributed by atoms with van der Waals surface area (Å²) in [5, 5.41) is 3.45. The monoisotopic (exact) mass is 396 g/mol. The average Bonchev–Trinajstić information content (AvgIpc) is 3.29. The van der Waals surface area contributed by atoms with E-state index in [2.05, 4.69) is 25.2 Å². The van der Waals surface area contributed by atoms with Gasteiger partial charge in [0.1, 0.15) is 18.0 Å². The molecule has 2 aromatic heterocycles. The Labute approximate surface area is 171 Å². The van der Waals surface area contributed by atoms with Crippen LogP contribution in [-0.2, 0) is 0 Å². The summed E-state index contributed by atoms with van der Waals surface area (Å²) in [4.78, 5) is 30.2.